The fourth-order valence-electron chi connectivity index (χ4n) is 2.84. The highest BCUT2D eigenvalue weighted by atomic mass is 19.1. The van der Waals surface area contributed by atoms with E-state index in [1.807, 2.05) is 12.1 Å². The molecule has 0 N–H and O–H groups in total. The Morgan fingerprint density at radius 1 is 0.696 bits per heavy atom. The van der Waals surface area contributed by atoms with Gasteiger partial charge in [0, 0.05) is 13.2 Å². The number of halogens is 1. The van der Waals surface area contributed by atoms with Crippen LogP contribution in [0.25, 0.3) is 0 Å². The molecule has 2 heteroatoms. The molecule has 23 heavy (non-hydrogen) atoms. The van der Waals surface area contributed by atoms with E-state index in [0.29, 0.717) is 0 Å². The summed E-state index contributed by atoms with van der Waals surface area (Å²) in [5.41, 5.74) is 1.26. The Labute approximate surface area is 142 Å². The summed E-state index contributed by atoms with van der Waals surface area (Å²) < 4.78 is 18.3. The largest absolute Gasteiger partial charge is 0.381 e. The molecule has 0 saturated heterocycles. The van der Waals surface area contributed by atoms with Gasteiger partial charge in [-0.1, -0.05) is 70.4 Å². The maximum atomic E-state index is 12.8. The molecule has 0 aliphatic rings. The van der Waals surface area contributed by atoms with Crippen molar-refractivity contribution >= 4 is 0 Å². The highest BCUT2D eigenvalue weighted by Crippen LogP contribution is 2.13. The standard InChI is InChI=1S/C21H35FO/c1-2-18-23-19-12-10-8-6-4-3-5-7-9-11-13-20-14-16-21(22)17-15-20/h14-17H,2-13,18-19H2,1H3. The van der Waals surface area contributed by atoms with Gasteiger partial charge in [0.05, 0.1) is 0 Å². The fraction of sp³-hybridized carbons (Fsp3) is 0.714. The average Bonchev–Trinajstić information content (AvgIpc) is 2.57. The summed E-state index contributed by atoms with van der Waals surface area (Å²) >= 11 is 0. The molecule has 0 radical (unpaired) electrons. The molecule has 0 spiro atoms. The van der Waals surface area contributed by atoms with Gasteiger partial charge in [0.25, 0.3) is 0 Å². The van der Waals surface area contributed by atoms with Crippen LogP contribution < -0.4 is 0 Å². The lowest BCUT2D eigenvalue weighted by atomic mass is 10.0. The highest BCUT2D eigenvalue weighted by Gasteiger charge is 1.96. The number of ether oxygens (including phenoxy) is 1. The van der Waals surface area contributed by atoms with Crippen LogP contribution in [0.3, 0.4) is 0 Å². The van der Waals surface area contributed by atoms with Gasteiger partial charge in [0.1, 0.15) is 5.82 Å². The molecule has 0 aromatic heterocycles. The van der Waals surface area contributed by atoms with Crippen molar-refractivity contribution in [3.63, 3.8) is 0 Å². The lowest BCUT2D eigenvalue weighted by Crippen LogP contribution is -1.95. The number of aryl methyl sites for hydroxylation is 1. The van der Waals surface area contributed by atoms with Gasteiger partial charge < -0.3 is 4.74 Å². The van der Waals surface area contributed by atoms with Crippen LogP contribution in [0.5, 0.6) is 0 Å². The van der Waals surface area contributed by atoms with E-state index in [2.05, 4.69) is 6.92 Å². The SMILES string of the molecule is CCCOCCCCCCCCCCCCc1ccc(F)cc1. The van der Waals surface area contributed by atoms with Crippen molar-refractivity contribution in [1.29, 1.82) is 0 Å². The highest BCUT2D eigenvalue weighted by molar-refractivity contribution is 5.15. The first kappa shape index (κ1) is 20.2. The van der Waals surface area contributed by atoms with Crippen molar-refractivity contribution in [2.24, 2.45) is 0 Å². The van der Waals surface area contributed by atoms with Gasteiger partial charge >= 0.3 is 0 Å². The van der Waals surface area contributed by atoms with Gasteiger partial charge in [-0.3, -0.25) is 0 Å². The van der Waals surface area contributed by atoms with Crippen molar-refractivity contribution in [1.82, 2.24) is 0 Å². The molecule has 1 rings (SSSR count). The van der Waals surface area contributed by atoms with Crippen LogP contribution in [-0.4, -0.2) is 13.2 Å². The third-order valence-electron chi connectivity index (χ3n) is 4.27. The van der Waals surface area contributed by atoms with E-state index in [-0.39, 0.29) is 5.82 Å². The van der Waals surface area contributed by atoms with E-state index in [1.165, 1.54) is 69.8 Å². The predicted octanol–water partition coefficient (Wildman–Crippen LogP) is 6.70. The third kappa shape index (κ3) is 12.2. The molecule has 132 valence electrons. The van der Waals surface area contributed by atoms with Crippen molar-refractivity contribution in [3.05, 3.63) is 35.6 Å². The molecule has 0 aliphatic carbocycles. The van der Waals surface area contributed by atoms with Crippen LogP contribution in [0.4, 0.5) is 4.39 Å². The molecule has 1 nitrogen and oxygen atoms in total. The van der Waals surface area contributed by atoms with E-state index in [9.17, 15) is 4.39 Å². The lowest BCUT2D eigenvalue weighted by Gasteiger charge is -2.04. The van der Waals surface area contributed by atoms with Gasteiger partial charge in [-0.2, -0.15) is 0 Å². The minimum absolute atomic E-state index is 0.137. The Morgan fingerprint density at radius 3 is 1.78 bits per heavy atom. The van der Waals surface area contributed by atoms with Crippen molar-refractivity contribution in [2.75, 3.05) is 13.2 Å². The molecule has 0 unspecified atom stereocenters. The molecule has 0 bridgehead atoms. The second-order valence-electron chi connectivity index (χ2n) is 6.52. The summed E-state index contributed by atoms with van der Waals surface area (Å²) in [4.78, 5) is 0. The Bertz CT molecular complexity index is 361. The van der Waals surface area contributed by atoms with Crippen LogP contribution in [0.2, 0.25) is 0 Å². The van der Waals surface area contributed by atoms with E-state index in [4.69, 9.17) is 4.74 Å². The Hall–Kier alpha value is -0.890. The summed E-state index contributed by atoms with van der Waals surface area (Å²) in [7, 11) is 0. The maximum Gasteiger partial charge on any atom is 0.123 e. The molecule has 0 atom stereocenters. The molecule has 1 aromatic carbocycles. The summed E-state index contributed by atoms with van der Waals surface area (Å²) in [6.45, 7) is 4.02. The van der Waals surface area contributed by atoms with Crippen molar-refractivity contribution < 1.29 is 9.13 Å². The maximum absolute atomic E-state index is 12.8. The molecular weight excluding hydrogens is 287 g/mol. The zero-order valence-electron chi connectivity index (χ0n) is 15.0. The monoisotopic (exact) mass is 322 g/mol. The summed E-state index contributed by atoms with van der Waals surface area (Å²) in [6, 6.07) is 6.93. The minimum atomic E-state index is -0.137. The van der Waals surface area contributed by atoms with Gasteiger partial charge in [-0.25, -0.2) is 4.39 Å². The number of rotatable bonds is 15. The predicted molar refractivity (Wildman–Crippen MR) is 97.4 cm³/mol. The summed E-state index contributed by atoms with van der Waals surface area (Å²) in [5.74, 6) is -0.137. The Kier molecular flexibility index (Phi) is 12.9. The first-order valence-corrected chi connectivity index (χ1v) is 9.65. The van der Waals surface area contributed by atoms with Crippen LogP contribution in [-0.2, 0) is 11.2 Å². The quantitative estimate of drug-likeness (QED) is 0.327. The molecule has 0 amide bonds. The Balaban J connectivity index is 1.77. The van der Waals surface area contributed by atoms with Gasteiger partial charge in [-0.05, 0) is 43.4 Å². The van der Waals surface area contributed by atoms with E-state index in [1.54, 1.807) is 12.1 Å². The fourth-order valence-corrected chi connectivity index (χ4v) is 2.84. The van der Waals surface area contributed by atoms with E-state index in [0.717, 1.165) is 26.1 Å². The van der Waals surface area contributed by atoms with Crippen molar-refractivity contribution in [2.45, 2.75) is 84.0 Å². The van der Waals surface area contributed by atoms with Crippen molar-refractivity contribution in [3.8, 4) is 0 Å². The number of unbranched alkanes of at least 4 members (excludes halogenated alkanes) is 9. The molecule has 0 fully saturated rings. The number of hydrogen-bond acceptors (Lipinski definition) is 1. The van der Waals surface area contributed by atoms with Gasteiger partial charge in [-0.15, -0.1) is 0 Å². The molecule has 1 aromatic rings. The molecule has 0 saturated carbocycles. The third-order valence-corrected chi connectivity index (χ3v) is 4.27. The Morgan fingerprint density at radius 2 is 1.22 bits per heavy atom. The zero-order chi connectivity index (χ0) is 16.6. The molecule has 0 aliphatic heterocycles. The first-order chi connectivity index (χ1) is 11.3. The molecule has 0 heterocycles. The second-order valence-corrected chi connectivity index (χ2v) is 6.52. The number of hydrogen-bond donors (Lipinski definition) is 0. The van der Waals surface area contributed by atoms with Crippen LogP contribution >= 0.6 is 0 Å². The number of benzene rings is 1. The zero-order valence-corrected chi connectivity index (χ0v) is 15.0. The van der Waals surface area contributed by atoms with E-state index >= 15 is 0 Å². The minimum Gasteiger partial charge on any atom is -0.381 e. The van der Waals surface area contributed by atoms with Gasteiger partial charge in [0.15, 0.2) is 0 Å². The van der Waals surface area contributed by atoms with Gasteiger partial charge in [0.2, 0.25) is 0 Å². The average molecular weight is 323 g/mol. The van der Waals surface area contributed by atoms with Crippen LogP contribution in [0, 0.1) is 5.82 Å². The topological polar surface area (TPSA) is 9.23 Å². The normalized spacial score (nSPS) is 11.0. The second kappa shape index (κ2) is 14.7. The summed E-state index contributed by atoms with van der Waals surface area (Å²) in [6.07, 6.45) is 15.5. The summed E-state index contributed by atoms with van der Waals surface area (Å²) in [5, 5.41) is 0. The lowest BCUT2D eigenvalue weighted by molar-refractivity contribution is 0.130. The molecular formula is C21H35FO. The van der Waals surface area contributed by atoms with Crippen LogP contribution in [0.1, 0.15) is 83.1 Å². The van der Waals surface area contributed by atoms with Crippen LogP contribution in [0.15, 0.2) is 24.3 Å². The van der Waals surface area contributed by atoms with E-state index < -0.39 is 0 Å². The smallest absolute Gasteiger partial charge is 0.123 e. The first-order valence-electron chi connectivity index (χ1n) is 9.65.